The Kier molecular flexibility index (Phi) is 1.85. The average Bonchev–Trinajstić information content (AvgIpc) is 2.18. The van der Waals surface area contributed by atoms with E-state index >= 15 is 0 Å². The molecule has 0 saturated carbocycles. The van der Waals surface area contributed by atoms with E-state index in [1.165, 1.54) is 11.3 Å². The lowest BCUT2D eigenvalue weighted by Gasteiger charge is -1.86. The van der Waals surface area contributed by atoms with Crippen molar-refractivity contribution >= 4 is 22.6 Å². The number of nitrogens with two attached hydrogens (primary N) is 1. The van der Waals surface area contributed by atoms with Crippen LogP contribution >= 0.6 is 11.3 Å². The van der Waals surface area contributed by atoms with Gasteiger partial charge in [0.05, 0.1) is 5.00 Å². The van der Waals surface area contributed by atoms with Gasteiger partial charge in [0.2, 0.25) is 6.29 Å². The van der Waals surface area contributed by atoms with Gasteiger partial charge in [0, 0.05) is 6.42 Å². The van der Waals surface area contributed by atoms with Crippen molar-refractivity contribution in [1.82, 2.24) is 0 Å². The highest BCUT2D eigenvalue weighted by atomic mass is 32.1. The lowest BCUT2D eigenvalue weighted by molar-refractivity contribution is 0.555. The van der Waals surface area contributed by atoms with Crippen LogP contribution < -0.4 is 5.73 Å². The van der Waals surface area contributed by atoms with Crippen molar-refractivity contribution in [3.05, 3.63) is 17.0 Å². The molecule has 0 atom stereocenters. The number of hydrogen-bond donors (Lipinski definition) is 1. The Labute approximate surface area is 57.3 Å². The number of carbonyl (C=O) groups excluding carboxylic acids is 1. The smallest absolute Gasteiger partial charge is 0.203 e. The van der Waals surface area contributed by atoms with Gasteiger partial charge in [-0.3, -0.25) is 4.79 Å². The molecule has 1 aromatic rings. The van der Waals surface area contributed by atoms with E-state index in [0.717, 1.165) is 10.6 Å². The minimum Gasteiger partial charge on any atom is -0.390 e. The summed E-state index contributed by atoms with van der Waals surface area (Å²) in [4.78, 5) is 9.85. The molecule has 0 spiro atoms. The Morgan fingerprint density at radius 3 is 3.00 bits per heavy atom. The maximum atomic E-state index is 9.85. The van der Waals surface area contributed by atoms with Crippen LogP contribution in [0.2, 0.25) is 0 Å². The van der Waals surface area contributed by atoms with Gasteiger partial charge in [0.25, 0.3) is 0 Å². The molecular formula is C6H6NOS. The molecule has 0 unspecified atom stereocenters. The molecule has 0 aromatic carbocycles. The molecule has 0 aliphatic heterocycles. The van der Waals surface area contributed by atoms with Gasteiger partial charge >= 0.3 is 0 Å². The van der Waals surface area contributed by atoms with Crippen LogP contribution in [-0.4, -0.2) is 6.29 Å². The van der Waals surface area contributed by atoms with Crippen LogP contribution in [-0.2, 0) is 11.2 Å². The van der Waals surface area contributed by atoms with Gasteiger partial charge in [-0.05, 0) is 17.0 Å². The first-order valence-corrected chi connectivity index (χ1v) is 3.39. The summed E-state index contributed by atoms with van der Waals surface area (Å²) in [7, 11) is 0. The second-order valence-electron chi connectivity index (χ2n) is 1.63. The summed E-state index contributed by atoms with van der Waals surface area (Å²) in [6, 6.07) is 1.84. The summed E-state index contributed by atoms with van der Waals surface area (Å²) in [5.41, 5.74) is 6.35. The fourth-order valence-electron chi connectivity index (χ4n) is 0.571. The first-order valence-electron chi connectivity index (χ1n) is 2.51. The molecule has 1 radical (unpaired) electrons. The van der Waals surface area contributed by atoms with Gasteiger partial charge in [-0.2, -0.15) is 0 Å². The van der Waals surface area contributed by atoms with Crippen LogP contribution in [0.3, 0.4) is 0 Å². The molecule has 0 aliphatic rings. The molecule has 3 heteroatoms. The Bertz CT molecular complexity index is 207. The zero-order valence-corrected chi connectivity index (χ0v) is 5.57. The molecule has 1 rings (SSSR count). The number of anilines is 1. The van der Waals surface area contributed by atoms with Crippen LogP contribution in [0.25, 0.3) is 0 Å². The van der Waals surface area contributed by atoms with Crippen molar-refractivity contribution in [2.45, 2.75) is 6.42 Å². The van der Waals surface area contributed by atoms with Crippen molar-refractivity contribution in [2.75, 3.05) is 5.73 Å². The van der Waals surface area contributed by atoms with E-state index in [9.17, 15) is 4.79 Å². The largest absolute Gasteiger partial charge is 0.390 e. The zero-order valence-electron chi connectivity index (χ0n) is 4.76. The number of nitrogen functional groups attached to an aromatic ring is 1. The van der Waals surface area contributed by atoms with Gasteiger partial charge in [-0.1, -0.05) is 0 Å². The van der Waals surface area contributed by atoms with Crippen LogP contribution in [0.15, 0.2) is 11.4 Å². The first-order chi connectivity index (χ1) is 4.34. The molecule has 0 fully saturated rings. The summed E-state index contributed by atoms with van der Waals surface area (Å²) in [6.07, 6.45) is 2.10. The third-order valence-corrected chi connectivity index (χ3v) is 1.83. The Hall–Kier alpha value is -0.830. The molecule has 2 nitrogen and oxygen atoms in total. The van der Waals surface area contributed by atoms with Crippen LogP contribution in [0, 0.1) is 0 Å². The second kappa shape index (κ2) is 2.64. The highest BCUT2D eigenvalue weighted by molar-refractivity contribution is 7.14. The quantitative estimate of drug-likeness (QED) is 0.665. The summed E-state index contributed by atoms with van der Waals surface area (Å²) in [5, 5.41) is 2.58. The molecular weight excluding hydrogens is 134 g/mol. The van der Waals surface area contributed by atoms with Crippen LogP contribution in [0.4, 0.5) is 5.00 Å². The third kappa shape index (κ3) is 1.29. The molecule has 1 heterocycles. The van der Waals surface area contributed by atoms with Gasteiger partial charge < -0.3 is 5.73 Å². The summed E-state index contributed by atoms with van der Waals surface area (Å²) in [6.45, 7) is 0. The Balaban J connectivity index is 2.80. The maximum Gasteiger partial charge on any atom is 0.203 e. The van der Waals surface area contributed by atoms with Crippen molar-refractivity contribution in [3.8, 4) is 0 Å². The van der Waals surface area contributed by atoms with E-state index < -0.39 is 0 Å². The van der Waals surface area contributed by atoms with Crippen molar-refractivity contribution in [2.24, 2.45) is 0 Å². The highest BCUT2D eigenvalue weighted by Crippen LogP contribution is 2.18. The maximum absolute atomic E-state index is 9.85. The highest BCUT2D eigenvalue weighted by Gasteiger charge is 1.97. The molecule has 47 valence electrons. The van der Waals surface area contributed by atoms with Gasteiger partial charge in [0.1, 0.15) is 0 Å². The van der Waals surface area contributed by atoms with E-state index in [1.807, 2.05) is 11.4 Å². The Morgan fingerprint density at radius 1 is 1.78 bits per heavy atom. The fraction of sp³-hybridized carbons (Fsp3) is 0.167. The molecule has 9 heavy (non-hydrogen) atoms. The minimum absolute atomic E-state index is 0.315. The van der Waals surface area contributed by atoms with Crippen molar-refractivity contribution < 1.29 is 4.79 Å². The third-order valence-electron chi connectivity index (χ3n) is 1.04. The van der Waals surface area contributed by atoms with Crippen molar-refractivity contribution in [3.63, 3.8) is 0 Å². The van der Waals surface area contributed by atoms with Gasteiger partial charge in [-0.15, -0.1) is 11.3 Å². The molecule has 0 saturated heterocycles. The van der Waals surface area contributed by atoms with E-state index in [1.54, 1.807) is 6.29 Å². The predicted molar refractivity (Wildman–Crippen MR) is 38.1 cm³/mol. The van der Waals surface area contributed by atoms with Crippen LogP contribution in [0.1, 0.15) is 5.56 Å². The lowest BCUT2D eigenvalue weighted by atomic mass is 10.2. The lowest BCUT2D eigenvalue weighted by Crippen LogP contribution is -1.88. The molecule has 0 amide bonds. The van der Waals surface area contributed by atoms with Crippen LogP contribution in [0.5, 0.6) is 0 Å². The molecule has 0 aliphatic carbocycles. The normalized spacial score (nSPS) is 9.33. The monoisotopic (exact) mass is 140 g/mol. The second-order valence-corrected chi connectivity index (χ2v) is 2.58. The standard InChI is InChI=1S/C6H6NOS/c7-6-5(1-3-8)2-4-9-6/h2,4H,1,7H2. The fourth-order valence-corrected chi connectivity index (χ4v) is 1.24. The number of rotatable bonds is 2. The minimum atomic E-state index is 0.315. The molecule has 2 N–H and O–H groups in total. The summed E-state index contributed by atoms with van der Waals surface area (Å²) >= 11 is 1.44. The Morgan fingerprint density at radius 2 is 2.56 bits per heavy atom. The number of thiophene rings is 1. The van der Waals surface area contributed by atoms with E-state index in [2.05, 4.69) is 0 Å². The first kappa shape index (κ1) is 6.29. The molecule has 1 aromatic heterocycles. The van der Waals surface area contributed by atoms with E-state index in [-0.39, 0.29) is 0 Å². The van der Waals surface area contributed by atoms with Gasteiger partial charge in [-0.25, -0.2) is 0 Å². The molecule has 0 bridgehead atoms. The van der Waals surface area contributed by atoms with E-state index in [0.29, 0.717) is 6.42 Å². The van der Waals surface area contributed by atoms with Crippen molar-refractivity contribution in [1.29, 1.82) is 0 Å². The van der Waals surface area contributed by atoms with E-state index in [4.69, 9.17) is 5.73 Å². The zero-order chi connectivity index (χ0) is 6.69. The van der Waals surface area contributed by atoms with Gasteiger partial charge in [0.15, 0.2) is 0 Å². The summed E-state index contributed by atoms with van der Waals surface area (Å²) in [5.74, 6) is 0. The SMILES string of the molecule is Nc1sccc1C[C]=O. The number of hydrogen-bond acceptors (Lipinski definition) is 3. The average molecular weight is 140 g/mol. The predicted octanol–water partition coefficient (Wildman–Crippen LogP) is 0.983. The topological polar surface area (TPSA) is 43.1 Å². The summed E-state index contributed by atoms with van der Waals surface area (Å²) < 4.78 is 0.